The molecule has 0 aromatic heterocycles. The van der Waals surface area contributed by atoms with Gasteiger partial charge in [-0.3, -0.25) is 14.4 Å². The Hall–Kier alpha value is -2.58. The molecule has 0 spiro atoms. The lowest BCUT2D eigenvalue weighted by atomic mass is 10.0. The number of nitrogen functional groups attached to an aromatic ring is 1. The van der Waals surface area contributed by atoms with Crippen LogP contribution in [0.15, 0.2) is 48.5 Å². The van der Waals surface area contributed by atoms with Crippen molar-refractivity contribution in [1.82, 2.24) is 9.80 Å². The van der Waals surface area contributed by atoms with Crippen LogP contribution in [0, 0.1) is 0 Å². The van der Waals surface area contributed by atoms with Gasteiger partial charge >= 0.3 is 0 Å². The number of rotatable bonds is 8. The number of likely N-dealkylation sites (tertiary alicyclic amines) is 1. The van der Waals surface area contributed by atoms with E-state index in [-0.39, 0.29) is 18.4 Å². The summed E-state index contributed by atoms with van der Waals surface area (Å²) < 4.78 is 25.1. The third kappa shape index (κ3) is 5.96. The Morgan fingerprint density at radius 3 is 2.43 bits per heavy atom. The number of likely N-dealkylation sites (N-methyl/N-ethyl adjacent to an activating group) is 1. The maximum absolute atomic E-state index is 12.9. The van der Waals surface area contributed by atoms with Crippen molar-refractivity contribution < 1.29 is 13.2 Å². The first-order chi connectivity index (χ1) is 14.2. The minimum Gasteiger partial charge on any atom is -0.398 e. The van der Waals surface area contributed by atoms with Gasteiger partial charge in [0.2, 0.25) is 15.9 Å². The van der Waals surface area contributed by atoms with Crippen molar-refractivity contribution in [2.24, 2.45) is 0 Å². The predicted molar refractivity (Wildman–Crippen MR) is 121 cm³/mol. The Morgan fingerprint density at radius 1 is 1.17 bits per heavy atom. The number of sulfonamides is 1. The number of hydrogen-bond donors (Lipinski definition) is 2. The number of nitrogens with zero attached hydrogens (tertiary/aromatic N) is 2. The van der Waals surface area contributed by atoms with E-state index >= 15 is 0 Å². The standard InChI is InChI=1S/C22H30N4O3S/c1-25(16-21(26-12-6-7-13-26)17-8-4-3-5-9-17)22(27)14-18-10-11-19(15-20(18)23)24-30(2,28)29/h3-5,8-11,15,21,24H,6-7,12-14,16,23H2,1-2H3/t21-/m0/s1. The van der Waals surface area contributed by atoms with Gasteiger partial charge in [-0.2, -0.15) is 0 Å². The van der Waals surface area contributed by atoms with Crippen LogP contribution in [0.25, 0.3) is 0 Å². The van der Waals surface area contributed by atoms with E-state index in [4.69, 9.17) is 5.73 Å². The smallest absolute Gasteiger partial charge is 0.229 e. The lowest BCUT2D eigenvalue weighted by Gasteiger charge is -2.32. The van der Waals surface area contributed by atoms with E-state index in [1.165, 1.54) is 18.4 Å². The third-order valence-electron chi connectivity index (χ3n) is 5.43. The van der Waals surface area contributed by atoms with Gasteiger partial charge in [0.1, 0.15) is 0 Å². The van der Waals surface area contributed by atoms with Gasteiger partial charge in [-0.25, -0.2) is 8.42 Å². The van der Waals surface area contributed by atoms with Crippen molar-refractivity contribution in [1.29, 1.82) is 0 Å². The van der Waals surface area contributed by atoms with E-state index in [1.54, 1.807) is 23.1 Å². The summed E-state index contributed by atoms with van der Waals surface area (Å²) in [7, 11) is -1.55. The SMILES string of the molecule is CN(C[C@@H](c1ccccc1)N1CCCC1)C(=O)Cc1ccc(NS(C)(=O)=O)cc1N. The summed E-state index contributed by atoms with van der Waals surface area (Å²) in [5.41, 5.74) is 8.75. The molecule has 1 amide bonds. The Balaban J connectivity index is 1.68. The van der Waals surface area contributed by atoms with Crippen LogP contribution in [0.2, 0.25) is 0 Å². The summed E-state index contributed by atoms with van der Waals surface area (Å²) in [6.45, 7) is 2.70. The van der Waals surface area contributed by atoms with Gasteiger partial charge in [0.25, 0.3) is 0 Å². The highest BCUT2D eigenvalue weighted by molar-refractivity contribution is 7.92. The second-order valence-corrected chi connectivity index (χ2v) is 9.66. The number of amides is 1. The molecule has 7 nitrogen and oxygen atoms in total. The first kappa shape index (κ1) is 22.1. The number of nitrogens with two attached hydrogens (primary N) is 1. The number of hydrogen-bond acceptors (Lipinski definition) is 5. The first-order valence-electron chi connectivity index (χ1n) is 10.1. The molecule has 0 unspecified atom stereocenters. The molecule has 1 fully saturated rings. The normalized spacial score (nSPS) is 15.7. The average molecular weight is 431 g/mol. The summed E-state index contributed by atoms with van der Waals surface area (Å²) in [6, 6.07) is 15.3. The van der Waals surface area contributed by atoms with Gasteiger partial charge in [0.15, 0.2) is 0 Å². The summed E-state index contributed by atoms with van der Waals surface area (Å²) >= 11 is 0. The van der Waals surface area contributed by atoms with Crippen molar-refractivity contribution in [3.63, 3.8) is 0 Å². The molecule has 2 aromatic rings. The molecule has 1 aliphatic rings. The highest BCUT2D eigenvalue weighted by Crippen LogP contribution is 2.26. The number of nitrogens with one attached hydrogen (secondary N) is 1. The van der Waals surface area contributed by atoms with E-state index in [0.29, 0.717) is 23.5 Å². The fourth-order valence-electron chi connectivity index (χ4n) is 3.85. The summed E-state index contributed by atoms with van der Waals surface area (Å²) in [4.78, 5) is 17.1. The largest absolute Gasteiger partial charge is 0.398 e. The molecule has 2 aromatic carbocycles. The first-order valence-corrected chi connectivity index (χ1v) is 12.0. The molecule has 0 saturated carbocycles. The van der Waals surface area contributed by atoms with Gasteiger partial charge < -0.3 is 10.6 Å². The number of carbonyl (C=O) groups is 1. The van der Waals surface area contributed by atoms with Crippen LogP contribution in [0.5, 0.6) is 0 Å². The molecule has 30 heavy (non-hydrogen) atoms. The van der Waals surface area contributed by atoms with Crippen LogP contribution in [-0.4, -0.2) is 57.1 Å². The lowest BCUT2D eigenvalue weighted by molar-refractivity contribution is -0.129. The van der Waals surface area contributed by atoms with E-state index in [1.807, 2.05) is 25.2 Å². The summed E-state index contributed by atoms with van der Waals surface area (Å²) in [5, 5.41) is 0. The monoisotopic (exact) mass is 430 g/mol. The zero-order chi connectivity index (χ0) is 21.7. The molecule has 0 bridgehead atoms. The van der Waals surface area contributed by atoms with Gasteiger partial charge in [-0.05, 0) is 49.2 Å². The van der Waals surface area contributed by atoms with Crippen molar-refractivity contribution in [3.05, 3.63) is 59.7 Å². The Labute approximate surface area is 178 Å². The van der Waals surface area contributed by atoms with E-state index < -0.39 is 10.0 Å². The van der Waals surface area contributed by atoms with Crippen LogP contribution in [0.4, 0.5) is 11.4 Å². The van der Waals surface area contributed by atoms with E-state index in [9.17, 15) is 13.2 Å². The van der Waals surface area contributed by atoms with Gasteiger partial charge in [-0.15, -0.1) is 0 Å². The predicted octanol–water partition coefficient (Wildman–Crippen LogP) is 2.48. The quantitative estimate of drug-likeness (QED) is 0.628. The second-order valence-electron chi connectivity index (χ2n) is 7.91. The molecular weight excluding hydrogens is 400 g/mol. The zero-order valence-corrected chi connectivity index (χ0v) is 18.4. The zero-order valence-electron chi connectivity index (χ0n) is 17.5. The molecule has 162 valence electrons. The average Bonchev–Trinajstić information content (AvgIpc) is 3.22. The maximum Gasteiger partial charge on any atom is 0.229 e. The third-order valence-corrected chi connectivity index (χ3v) is 6.04. The minimum atomic E-state index is -3.38. The van der Waals surface area contributed by atoms with E-state index in [2.05, 4.69) is 21.8 Å². The van der Waals surface area contributed by atoms with Crippen LogP contribution >= 0.6 is 0 Å². The highest BCUT2D eigenvalue weighted by Gasteiger charge is 2.26. The molecule has 3 rings (SSSR count). The molecular formula is C22H30N4O3S. The van der Waals surface area contributed by atoms with Crippen LogP contribution in [-0.2, 0) is 21.2 Å². The summed E-state index contributed by atoms with van der Waals surface area (Å²) in [6.07, 6.45) is 3.62. The van der Waals surface area contributed by atoms with Crippen LogP contribution in [0.1, 0.15) is 30.0 Å². The molecule has 0 aliphatic carbocycles. The molecule has 1 aliphatic heterocycles. The fourth-order valence-corrected chi connectivity index (χ4v) is 4.41. The maximum atomic E-state index is 12.9. The van der Waals surface area contributed by atoms with Crippen LogP contribution < -0.4 is 10.5 Å². The van der Waals surface area contributed by atoms with Gasteiger partial charge in [0.05, 0.1) is 24.4 Å². The van der Waals surface area contributed by atoms with Crippen LogP contribution in [0.3, 0.4) is 0 Å². The molecule has 1 atom stereocenters. The minimum absolute atomic E-state index is 0.0225. The Morgan fingerprint density at radius 2 is 1.83 bits per heavy atom. The van der Waals surface area contributed by atoms with E-state index in [0.717, 1.165) is 19.3 Å². The number of carbonyl (C=O) groups excluding carboxylic acids is 1. The van der Waals surface area contributed by atoms with Crippen molar-refractivity contribution in [2.75, 3.05) is 43.4 Å². The summed E-state index contributed by atoms with van der Waals surface area (Å²) in [5.74, 6) is -0.0225. The Bertz CT molecular complexity index is 973. The van der Waals surface area contributed by atoms with Crippen molar-refractivity contribution >= 4 is 27.3 Å². The Kier molecular flexibility index (Phi) is 6.99. The molecule has 3 N–H and O–H groups in total. The van der Waals surface area contributed by atoms with Gasteiger partial charge in [0, 0.05) is 19.3 Å². The molecule has 1 saturated heterocycles. The fraction of sp³-hybridized carbons (Fsp3) is 0.409. The number of anilines is 2. The molecule has 8 heteroatoms. The van der Waals surface area contributed by atoms with Gasteiger partial charge in [-0.1, -0.05) is 36.4 Å². The van der Waals surface area contributed by atoms with Crippen molar-refractivity contribution in [3.8, 4) is 0 Å². The highest BCUT2D eigenvalue weighted by atomic mass is 32.2. The second kappa shape index (κ2) is 9.49. The molecule has 1 heterocycles. The van der Waals surface area contributed by atoms with Crippen molar-refractivity contribution in [2.45, 2.75) is 25.3 Å². The topological polar surface area (TPSA) is 95.7 Å². The molecule has 0 radical (unpaired) electrons. The lowest BCUT2D eigenvalue weighted by Crippen LogP contribution is -2.38. The number of benzene rings is 2.